The number of nitrogens with zero attached hydrogens (tertiary/aromatic N) is 1. The van der Waals surface area contributed by atoms with E-state index in [9.17, 15) is 14.7 Å². The normalized spacial score (nSPS) is 11.0. The van der Waals surface area contributed by atoms with E-state index < -0.39 is 5.63 Å². The molecule has 7 nitrogen and oxygen atoms in total. The van der Waals surface area contributed by atoms with Crippen LogP contribution in [0.15, 0.2) is 97.3 Å². The topological polar surface area (TPSA) is 95.9 Å². The van der Waals surface area contributed by atoms with Crippen LogP contribution in [0.25, 0.3) is 43.5 Å². The molecule has 6 rings (SSSR count). The summed E-state index contributed by atoms with van der Waals surface area (Å²) >= 11 is 0. The number of rotatable bonds is 2. The molecule has 0 aliphatic rings. The Morgan fingerprint density at radius 1 is 0.667 bits per heavy atom. The van der Waals surface area contributed by atoms with Gasteiger partial charge < -0.3 is 24.2 Å². The van der Waals surface area contributed by atoms with Crippen LogP contribution in [-0.2, 0) is 0 Å². The summed E-state index contributed by atoms with van der Waals surface area (Å²) in [5, 5.41) is 17.0. The molecule has 0 amide bonds. The molecule has 2 N–H and O–H groups in total. The van der Waals surface area contributed by atoms with E-state index in [0.717, 1.165) is 32.9 Å². The SMILES string of the molecule is CN(C)c1ccc2c(c1)oc(=O)c1cc(O)ccc12.CNc1ccc2c(c1)oc(=O)c1ccccc12. The summed E-state index contributed by atoms with van der Waals surface area (Å²) in [5.74, 6) is 0.0593. The van der Waals surface area contributed by atoms with Crippen LogP contribution in [0.5, 0.6) is 5.75 Å². The Kier molecular flexibility index (Phi) is 5.82. The summed E-state index contributed by atoms with van der Waals surface area (Å²) in [6.07, 6.45) is 0. The molecule has 0 saturated heterocycles. The molecule has 36 heavy (non-hydrogen) atoms. The molecule has 0 aliphatic carbocycles. The fraction of sp³-hybridized carbons (Fsp3) is 0.103. The fourth-order valence-corrected chi connectivity index (χ4v) is 4.22. The lowest BCUT2D eigenvalue weighted by atomic mass is 10.1. The van der Waals surface area contributed by atoms with Gasteiger partial charge >= 0.3 is 11.3 Å². The van der Waals surface area contributed by atoms with E-state index in [0.29, 0.717) is 21.9 Å². The first-order valence-electron chi connectivity index (χ1n) is 11.4. The Balaban J connectivity index is 0.000000149. The minimum atomic E-state index is -0.436. The van der Waals surface area contributed by atoms with E-state index in [1.54, 1.807) is 18.2 Å². The van der Waals surface area contributed by atoms with Crippen molar-refractivity contribution in [2.45, 2.75) is 0 Å². The molecule has 2 aromatic heterocycles. The third-order valence-corrected chi connectivity index (χ3v) is 6.11. The molecule has 2 heterocycles. The number of benzene rings is 4. The summed E-state index contributed by atoms with van der Waals surface area (Å²) in [5.41, 5.74) is 2.33. The predicted octanol–water partition coefficient (Wildman–Crippen LogP) is 5.71. The molecule has 0 bridgehead atoms. The Hall–Kier alpha value is -4.78. The molecule has 6 aromatic rings. The lowest BCUT2D eigenvalue weighted by Gasteiger charge is -2.12. The molecule has 0 spiro atoms. The summed E-state index contributed by atoms with van der Waals surface area (Å²) in [7, 11) is 5.69. The highest BCUT2D eigenvalue weighted by Gasteiger charge is 2.09. The molecular formula is C29H24N2O5. The number of hydrogen-bond donors (Lipinski definition) is 2. The number of aromatic hydroxyl groups is 1. The van der Waals surface area contributed by atoms with Gasteiger partial charge in [-0.1, -0.05) is 18.2 Å². The third-order valence-electron chi connectivity index (χ3n) is 6.11. The molecule has 0 atom stereocenters. The largest absolute Gasteiger partial charge is 0.508 e. The Bertz CT molecular complexity index is 1870. The van der Waals surface area contributed by atoms with Gasteiger partial charge in [-0.25, -0.2) is 9.59 Å². The average molecular weight is 481 g/mol. The molecule has 4 aromatic carbocycles. The van der Waals surface area contributed by atoms with Crippen molar-refractivity contribution in [2.75, 3.05) is 31.4 Å². The summed E-state index contributed by atoms with van der Waals surface area (Å²) in [4.78, 5) is 25.7. The summed E-state index contributed by atoms with van der Waals surface area (Å²) in [6, 6.07) is 23.7. The van der Waals surface area contributed by atoms with Crippen LogP contribution < -0.4 is 21.5 Å². The van der Waals surface area contributed by atoms with Gasteiger partial charge in [0.1, 0.15) is 16.9 Å². The van der Waals surface area contributed by atoms with E-state index in [1.807, 2.05) is 80.6 Å². The first-order chi connectivity index (χ1) is 17.4. The van der Waals surface area contributed by atoms with Gasteiger partial charge in [0.05, 0.1) is 10.8 Å². The van der Waals surface area contributed by atoms with Crippen molar-refractivity contribution in [3.63, 3.8) is 0 Å². The number of phenols is 1. The number of anilines is 2. The zero-order valence-electron chi connectivity index (χ0n) is 20.0. The van der Waals surface area contributed by atoms with Crippen molar-refractivity contribution in [3.8, 4) is 5.75 Å². The van der Waals surface area contributed by atoms with Crippen LogP contribution in [0.4, 0.5) is 11.4 Å². The average Bonchev–Trinajstić information content (AvgIpc) is 2.88. The number of fused-ring (bicyclic) bond motifs is 6. The van der Waals surface area contributed by atoms with Crippen LogP contribution in [-0.4, -0.2) is 26.2 Å². The highest BCUT2D eigenvalue weighted by atomic mass is 16.4. The molecular weight excluding hydrogens is 456 g/mol. The van der Waals surface area contributed by atoms with Crippen molar-refractivity contribution in [2.24, 2.45) is 0 Å². The maximum absolute atomic E-state index is 11.9. The van der Waals surface area contributed by atoms with Crippen LogP contribution in [0.3, 0.4) is 0 Å². The predicted molar refractivity (Wildman–Crippen MR) is 146 cm³/mol. The van der Waals surface area contributed by atoms with Gasteiger partial charge in [-0.2, -0.15) is 0 Å². The van der Waals surface area contributed by atoms with Gasteiger partial charge in [0.2, 0.25) is 0 Å². The number of phenolic OH excluding ortho intramolecular Hbond substituents is 1. The van der Waals surface area contributed by atoms with Gasteiger partial charge in [-0.15, -0.1) is 0 Å². The van der Waals surface area contributed by atoms with E-state index in [1.165, 1.54) is 6.07 Å². The second kappa shape index (κ2) is 9.11. The summed E-state index contributed by atoms with van der Waals surface area (Å²) in [6.45, 7) is 0. The van der Waals surface area contributed by atoms with Crippen LogP contribution in [0, 0.1) is 0 Å². The monoisotopic (exact) mass is 480 g/mol. The molecule has 180 valence electrons. The third kappa shape index (κ3) is 4.11. The second-order valence-electron chi connectivity index (χ2n) is 8.59. The smallest absolute Gasteiger partial charge is 0.344 e. The molecule has 0 fully saturated rings. The van der Waals surface area contributed by atoms with Crippen LogP contribution in [0.2, 0.25) is 0 Å². The molecule has 0 saturated carbocycles. The Morgan fingerprint density at radius 2 is 1.25 bits per heavy atom. The van der Waals surface area contributed by atoms with E-state index in [-0.39, 0.29) is 11.4 Å². The highest BCUT2D eigenvalue weighted by Crippen LogP contribution is 2.28. The minimum absolute atomic E-state index is 0.0593. The van der Waals surface area contributed by atoms with E-state index in [2.05, 4.69) is 5.32 Å². The number of nitrogens with one attached hydrogen (secondary N) is 1. The quantitative estimate of drug-likeness (QED) is 0.242. The second-order valence-corrected chi connectivity index (χ2v) is 8.59. The molecule has 0 aliphatic heterocycles. The zero-order valence-corrected chi connectivity index (χ0v) is 20.0. The van der Waals surface area contributed by atoms with Crippen LogP contribution >= 0.6 is 0 Å². The summed E-state index contributed by atoms with van der Waals surface area (Å²) < 4.78 is 10.6. The lowest BCUT2D eigenvalue weighted by Crippen LogP contribution is -2.08. The molecule has 0 unspecified atom stereocenters. The maximum atomic E-state index is 11.9. The first-order valence-corrected chi connectivity index (χ1v) is 11.4. The zero-order chi connectivity index (χ0) is 25.4. The fourth-order valence-electron chi connectivity index (χ4n) is 4.22. The maximum Gasteiger partial charge on any atom is 0.344 e. The minimum Gasteiger partial charge on any atom is -0.508 e. The van der Waals surface area contributed by atoms with Crippen LogP contribution in [0.1, 0.15) is 0 Å². The van der Waals surface area contributed by atoms with Gasteiger partial charge in [-0.05, 0) is 53.9 Å². The lowest BCUT2D eigenvalue weighted by molar-refractivity contribution is 0.475. The van der Waals surface area contributed by atoms with Gasteiger partial charge in [0.15, 0.2) is 0 Å². The van der Waals surface area contributed by atoms with E-state index >= 15 is 0 Å². The Morgan fingerprint density at radius 3 is 1.94 bits per heavy atom. The van der Waals surface area contributed by atoms with Gasteiger partial charge in [0.25, 0.3) is 0 Å². The van der Waals surface area contributed by atoms with Crippen molar-refractivity contribution in [3.05, 3.63) is 99.7 Å². The number of hydrogen-bond acceptors (Lipinski definition) is 7. The van der Waals surface area contributed by atoms with Crippen molar-refractivity contribution in [1.29, 1.82) is 0 Å². The van der Waals surface area contributed by atoms with E-state index in [4.69, 9.17) is 8.83 Å². The van der Waals surface area contributed by atoms with Crippen molar-refractivity contribution in [1.82, 2.24) is 0 Å². The highest BCUT2D eigenvalue weighted by molar-refractivity contribution is 6.06. The van der Waals surface area contributed by atoms with Crippen molar-refractivity contribution < 1.29 is 13.9 Å². The van der Waals surface area contributed by atoms with Gasteiger partial charge in [0, 0.05) is 60.8 Å². The first kappa shape index (κ1) is 23.0. The molecule has 0 radical (unpaired) electrons. The van der Waals surface area contributed by atoms with Gasteiger partial charge in [-0.3, -0.25) is 0 Å². The standard InChI is InChI=1S/C15H13NO3.C14H11NO2/c1-16(2)9-3-5-12-11-6-4-10(17)8-13(11)15(18)19-14(12)7-9;1-15-9-6-7-11-10-4-2-3-5-12(10)14(16)17-13(11)8-9/h3-8,17H,1-2H3;2-8,15H,1H3. The Labute approximate surface area is 205 Å². The molecule has 7 heteroatoms. The van der Waals surface area contributed by atoms with Crippen molar-refractivity contribution >= 4 is 54.9 Å².